The Morgan fingerprint density at radius 1 is 0.765 bits per heavy atom. The summed E-state index contributed by atoms with van der Waals surface area (Å²) in [6.45, 7) is 18.1. The van der Waals surface area contributed by atoms with E-state index < -0.39 is 5.60 Å². The van der Waals surface area contributed by atoms with Crippen LogP contribution < -0.4 is 0 Å². The molecule has 196 valence electrons. The molecule has 5 aliphatic rings. The maximum absolute atomic E-state index is 11.9. The lowest BCUT2D eigenvalue weighted by Crippen LogP contribution is -2.66. The first kappa shape index (κ1) is 25.5. The lowest BCUT2D eigenvalue weighted by molar-refractivity contribution is -0.248. The zero-order valence-electron chi connectivity index (χ0n) is 23.2. The summed E-state index contributed by atoms with van der Waals surface area (Å²) in [7, 11) is 0. The van der Waals surface area contributed by atoms with Gasteiger partial charge in [-0.05, 0) is 124 Å². The molecule has 5 rings (SSSR count). The van der Waals surface area contributed by atoms with Crippen molar-refractivity contribution in [2.24, 2.45) is 45.3 Å². The second-order valence-electron chi connectivity index (χ2n) is 15.4. The van der Waals surface area contributed by atoms with Crippen molar-refractivity contribution >= 4 is 0 Å². The van der Waals surface area contributed by atoms with Crippen LogP contribution in [0.3, 0.4) is 0 Å². The highest BCUT2D eigenvalue weighted by Gasteiger charge is 2.71. The van der Waals surface area contributed by atoms with Crippen molar-refractivity contribution in [2.45, 2.75) is 143 Å². The van der Waals surface area contributed by atoms with E-state index in [2.05, 4.69) is 41.5 Å². The molecule has 1 aliphatic heterocycles. The first-order valence-electron chi connectivity index (χ1n) is 14.3. The third-order valence-electron chi connectivity index (χ3n) is 13.3. The van der Waals surface area contributed by atoms with Crippen LogP contribution in [0.4, 0.5) is 0 Å². The second kappa shape index (κ2) is 7.45. The van der Waals surface area contributed by atoms with Gasteiger partial charge < -0.3 is 20.1 Å². The average Bonchev–Trinajstić information content (AvgIpc) is 3.30. The summed E-state index contributed by atoms with van der Waals surface area (Å²) in [5, 5.41) is 33.4. The van der Waals surface area contributed by atoms with Crippen molar-refractivity contribution in [2.75, 3.05) is 0 Å². The molecule has 0 aromatic heterocycles. The lowest BCUT2D eigenvalue weighted by atomic mass is 9.35. The van der Waals surface area contributed by atoms with Crippen molar-refractivity contribution in [3.63, 3.8) is 0 Å². The number of aliphatic hydroxyl groups excluding tert-OH is 2. The molecule has 4 heteroatoms. The molecule has 4 aliphatic carbocycles. The Hall–Kier alpha value is -0.160. The molecule has 0 radical (unpaired) electrons. The normalized spacial score (nSPS) is 57.1. The van der Waals surface area contributed by atoms with E-state index in [-0.39, 0.29) is 51.5 Å². The highest BCUT2D eigenvalue weighted by Crippen LogP contribution is 2.76. The highest BCUT2D eigenvalue weighted by molar-refractivity contribution is 5.20. The fourth-order valence-electron chi connectivity index (χ4n) is 11.1. The van der Waals surface area contributed by atoms with E-state index in [4.69, 9.17) is 4.74 Å². The van der Waals surface area contributed by atoms with E-state index >= 15 is 0 Å². The molecule has 1 saturated heterocycles. The Labute approximate surface area is 208 Å². The maximum Gasteiger partial charge on any atom is 0.0865 e. The lowest BCUT2D eigenvalue weighted by Gasteiger charge is -2.70. The Morgan fingerprint density at radius 2 is 1.41 bits per heavy atom. The van der Waals surface area contributed by atoms with Crippen molar-refractivity contribution in [1.82, 2.24) is 0 Å². The van der Waals surface area contributed by atoms with Crippen LogP contribution in [-0.2, 0) is 4.74 Å². The summed E-state index contributed by atoms with van der Waals surface area (Å²) >= 11 is 0. The van der Waals surface area contributed by atoms with E-state index in [1.54, 1.807) is 0 Å². The van der Waals surface area contributed by atoms with Gasteiger partial charge in [0.25, 0.3) is 0 Å². The van der Waals surface area contributed by atoms with Gasteiger partial charge in [0.1, 0.15) is 0 Å². The number of fused-ring (bicyclic) bond motifs is 5. The molecule has 1 heterocycles. The first-order chi connectivity index (χ1) is 15.5. The van der Waals surface area contributed by atoms with Gasteiger partial charge in [0.2, 0.25) is 0 Å². The summed E-state index contributed by atoms with van der Waals surface area (Å²) < 4.78 is 6.66. The number of ether oxygens (including phenoxy) is 1. The van der Waals surface area contributed by atoms with Gasteiger partial charge in [0, 0.05) is 0 Å². The molecule has 5 unspecified atom stereocenters. The Bertz CT molecular complexity index is 817. The number of rotatable bonds is 2. The summed E-state index contributed by atoms with van der Waals surface area (Å²) in [6.07, 6.45) is 8.72. The minimum atomic E-state index is -0.826. The molecule has 5 fully saturated rings. The van der Waals surface area contributed by atoms with Crippen molar-refractivity contribution in [3.05, 3.63) is 0 Å². The fraction of sp³-hybridized carbons (Fsp3) is 1.00. The molecule has 0 spiro atoms. The van der Waals surface area contributed by atoms with Crippen LogP contribution in [0.5, 0.6) is 0 Å². The average molecular weight is 477 g/mol. The quantitative estimate of drug-likeness (QED) is 0.477. The van der Waals surface area contributed by atoms with Gasteiger partial charge >= 0.3 is 0 Å². The maximum atomic E-state index is 11.9. The Balaban J connectivity index is 1.48. The van der Waals surface area contributed by atoms with Gasteiger partial charge in [-0.25, -0.2) is 0 Å². The number of aliphatic hydroxyl groups is 3. The van der Waals surface area contributed by atoms with Crippen LogP contribution in [0.2, 0.25) is 0 Å². The molecule has 3 N–H and O–H groups in total. The van der Waals surface area contributed by atoms with Crippen LogP contribution in [-0.4, -0.2) is 44.8 Å². The summed E-state index contributed by atoms with van der Waals surface area (Å²) in [5.41, 5.74) is -0.703. The van der Waals surface area contributed by atoms with Crippen LogP contribution in [0.15, 0.2) is 0 Å². The van der Waals surface area contributed by atoms with E-state index in [1.165, 1.54) is 12.8 Å². The Kier molecular flexibility index (Phi) is 5.59. The molecule has 0 aromatic rings. The molecule has 11 atom stereocenters. The number of hydrogen-bond donors (Lipinski definition) is 3. The third kappa shape index (κ3) is 3.16. The van der Waals surface area contributed by atoms with Crippen molar-refractivity contribution < 1.29 is 20.1 Å². The van der Waals surface area contributed by atoms with Gasteiger partial charge in [-0.2, -0.15) is 0 Å². The van der Waals surface area contributed by atoms with Gasteiger partial charge in [-0.1, -0.05) is 34.6 Å². The summed E-state index contributed by atoms with van der Waals surface area (Å²) in [4.78, 5) is 0. The van der Waals surface area contributed by atoms with Gasteiger partial charge in [0.15, 0.2) is 0 Å². The molecule has 0 aromatic carbocycles. The van der Waals surface area contributed by atoms with Crippen LogP contribution in [0, 0.1) is 45.3 Å². The van der Waals surface area contributed by atoms with E-state index in [1.807, 2.05) is 13.8 Å². The van der Waals surface area contributed by atoms with E-state index in [0.29, 0.717) is 17.8 Å². The summed E-state index contributed by atoms with van der Waals surface area (Å²) in [6, 6.07) is 0. The standard InChI is InChI=1S/C30H52O4/c1-25(2)20-10-15-28(6)21(27(20,5)13-11-22(25)32)17-19(31)24-18(9-14-29(24,28)7)30(8)16-12-23(34-30)26(3,4)33/h18-24,31-33H,9-17H2,1-8H3/t18-,19?,20?,21?,22+,23-,24?,27-,28+,29+,30?/m0/s1. The summed E-state index contributed by atoms with van der Waals surface area (Å²) in [5.74, 6) is 1.59. The zero-order chi connectivity index (χ0) is 25.1. The van der Waals surface area contributed by atoms with Gasteiger partial charge in [-0.15, -0.1) is 0 Å². The third-order valence-corrected chi connectivity index (χ3v) is 13.3. The largest absolute Gasteiger partial charge is 0.393 e. The van der Waals surface area contributed by atoms with Crippen LogP contribution in [0.1, 0.15) is 113 Å². The Morgan fingerprint density at radius 3 is 2.03 bits per heavy atom. The van der Waals surface area contributed by atoms with Crippen molar-refractivity contribution in [1.29, 1.82) is 0 Å². The predicted octanol–water partition coefficient (Wildman–Crippen LogP) is 5.71. The van der Waals surface area contributed by atoms with Gasteiger partial charge in [0.05, 0.1) is 29.5 Å². The first-order valence-corrected chi connectivity index (χ1v) is 14.3. The van der Waals surface area contributed by atoms with Crippen LogP contribution >= 0.6 is 0 Å². The SMILES string of the molecule is CC(C)(O)[C@@H]1CCC(C)([C@H]2CC[C@]3(C)C2C(O)CC2[C@@]4(C)CC[C@@H](O)C(C)(C)C4CC[C@]23C)O1. The fourth-order valence-corrected chi connectivity index (χ4v) is 11.1. The highest BCUT2D eigenvalue weighted by atomic mass is 16.5. The topological polar surface area (TPSA) is 69.9 Å². The van der Waals surface area contributed by atoms with Gasteiger partial charge in [-0.3, -0.25) is 0 Å². The molecular weight excluding hydrogens is 424 g/mol. The van der Waals surface area contributed by atoms with Crippen LogP contribution in [0.25, 0.3) is 0 Å². The molecule has 4 saturated carbocycles. The number of hydrogen-bond acceptors (Lipinski definition) is 4. The molecular formula is C30H52O4. The van der Waals surface area contributed by atoms with Crippen molar-refractivity contribution in [3.8, 4) is 0 Å². The monoisotopic (exact) mass is 476 g/mol. The zero-order valence-corrected chi connectivity index (χ0v) is 23.2. The molecule has 0 bridgehead atoms. The molecule has 0 amide bonds. The minimum absolute atomic E-state index is 0.0630. The van der Waals surface area contributed by atoms with E-state index in [9.17, 15) is 15.3 Å². The minimum Gasteiger partial charge on any atom is -0.393 e. The second-order valence-corrected chi connectivity index (χ2v) is 15.4. The molecule has 4 nitrogen and oxygen atoms in total. The van der Waals surface area contributed by atoms with E-state index in [0.717, 1.165) is 44.9 Å². The predicted molar refractivity (Wildman–Crippen MR) is 135 cm³/mol. The molecule has 34 heavy (non-hydrogen) atoms. The smallest absolute Gasteiger partial charge is 0.0865 e.